The quantitative estimate of drug-likeness (QED) is 0.720. The van der Waals surface area contributed by atoms with Crippen LogP contribution in [0.4, 0.5) is 0 Å². The molecule has 0 aliphatic heterocycles. The molecule has 1 atom stereocenters. The first-order valence-electron chi connectivity index (χ1n) is 5.57. The Morgan fingerprint density at radius 1 is 1.27 bits per heavy atom. The summed E-state index contributed by atoms with van der Waals surface area (Å²) in [5, 5.41) is 12.0. The van der Waals surface area contributed by atoms with Gasteiger partial charge in [-0.05, 0) is 43.9 Å². The van der Waals surface area contributed by atoms with Crippen LogP contribution in [-0.4, -0.2) is 22.5 Å². The van der Waals surface area contributed by atoms with Gasteiger partial charge in [0.15, 0.2) is 0 Å². The second-order valence-electron chi connectivity index (χ2n) is 4.88. The summed E-state index contributed by atoms with van der Waals surface area (Å²) in [7, 11) is 0. The number of amides is 1. The van der Waals surface area contributed by atoms with Crippen LogP contribution >= 0.6 is 0 Å². The van der Waals surface area contributed by atoms with Crippen LogP contribution in [0.5, 0.6) is 0 Å². The molecule has 0 aromatic carbocycles. The van der Waals surface area contributed by atoms with Gasteiger partial charge in [-0.25, -0.2) is 4.79 Å². The molecule has 3 fully saturated rings. The fraction of sp³-hybridized carbons (Fsp3) is 0.818. The maximum atomic E-state index is 11.4. The van der Waals surface area contributed by atoms with Crippen molar-refractivity contribution in [3.8, 4) is 0 Å². The molecule has 3 aliphatic carbocycles. The van der Waals surface area contributed by atoms with Crippen molar-refractivity contribution in [3.63, 3.8) is 0 Å². The van der Waals surface area contributed by atoms with E-state index in [0.29, 0.717) is 12.3 Å². The number of carboxylic acids is 1. The number of carboxylic acid groups (broad SMARTS) is 1. The molecule has 2 N–H and O–H groups in total. The third kappa shape index (κ3) is 1.62. The van der Waals surface area contributed by atoms with E-state index in [1.807, 2.05) is 0 Å². The number of carbonyl (C=O) groups is 2. The molecule has 3 saturated carbocycles. The van der Waals surface area contributed by atoms with Crippen LogP contribution in [0.3, 0.4) is 0 Å². The van der Waals surface area contributed by atoms with Crippen molar-refractivity contribution >= 4 is 11.9 Å². The Balaban J connectivity index is 2.26. The number of fused-ring (bicyclic) bond motifs is 3. The van der Waals surface area contributed by atoms with Crippen LogP contribution in [0.25, 0.3) is 0 Å². The van der Waals surface area contributed by atoms with Gasteiger partial charge in [-0.15, -0.1) is 0 Å². The van der Waals surface area contributed by atoms with Crippen LogP contribution < -0.4 is 5.32 Å². The predicted molar refractivity (Wildman–Crippen MR) is 54.2 cm³/mol. The number of aliphatic carboxylic acids is 1. The van der Waals surface area contributed by atoms with E-state index in [1.54, 1.807) is 0 Å². The van der Waals surface area contributed by atoms with Crippen molar-refractivity contribution in [2.24, 2.45) is 11.8 Å². The largest absolute Gasteiger partial charge is 0.479 e. The van der Waals surface area contributed by atoms with Crippen LogP contribution in [0.1, 0.15) is 39.0 Å². The average molecular weight is 211 g/mol. The molecule has 3 rings (SSSR count). The molecule has 0 radical (unpaired) electrons. The molecule has 3 aliphatic rings. The van der Waals surface area contributed by atoms with Gasteiger partial charge < -0.3 is 10.4 Å². The van der Waals surface area contributed by atoms with Crippen molar-refractivity contribution in [2.45, 2.75) is 44.6 Å². The minimum atomic E-state index is -0.965. The van der Waals surface area contributed by atoms with Gasteiger partial charge in [-0.1, -0.05) is 0 Å². The molecule has 0 aromatic rings. The number of rotatable bonds is 2. The van der Waals surface area contributed by atoms with E-state index in [4.69, 9.17) is 0 Å². The van der Waals surface area contributed by atoms with E-state index in [0.717, 1.165) is 25.7 Å². The highest BCUT2D eigenvalue weighted by atomic mass is 16.4. The summed E-state index contributed by atoms with van der Waals surface area (Å²) in [6.07, 6.45) is 4.75. The molecule has 1 unspecified atom stereocenters. The average Bonchev–Trinajstić information content (AvgIpc) is 2.18. The number of carbonyl (C=O) groups excluding carboxylic acids is 1. The van der Waals surface area contributed by atoms with E-state index in [1.165, 1.54) is 6.92 Å². The topological polar surface area (TPSA) is 66.4 Å². The maximum Gasteiger partial charge on any atom is 0.329 e. The summed E-state index contributed by atoms with van der Waals surface area (Å²) in [5.74, 6) is -0.473. The van der Waals surface area contributed by atoms with Gasteiger partial charge in [-0.2, -0.15) is 0 Å². The van der Waals surface area contributed by atoms with E-state index in [9.17, 15) is 14.7 Å². The smallest absolute Gasteiger partial charge is 0.329 e. The Morgan fingerprint density at radius 3 is 2.20 bits per heavy atom. The molecule has 15 heavy (non-hydrogen) atoms. The molecule has 0 saturated heterocycles. The van der Waals surface area contributed by atoms with Gasteiger partial charge in [0.2, 0.25) is 5.91 Å². The van der Waals surface area contributed by atoms with Crippen LogP contribution in [0.15, 0.2) is 0 Å². The third-order valence-corrected chi connectivity index (χ3v) is 3.94. The molecule has 4 heteroatoms. The van der Waals surface area contributed by atoms with E-state index >= 15 is 0 Å². The highest BCUT2D eigenvalue weighted by Crippen LogP contribution is 2.47. The predicted octanol–water partition coefficient (Wildman–Crippen LogP) is 1.16. The first-order chi connectivity index (χ1) is 7.04. The third-order valence-electron chi connectivity index (χ3n) is 3.94. The Hall–Kier alpha value is -1.06. The van der Waals surface area contributed by atoms with Crippen molar-refractivity contribution in [3.05, 3.63) is 0 Å². The lowest BCUT2D eigenvalue weighted by Gasteiger charge is -2.49. The lowest BCUT2D eigenvalue weighted by Crippen LogP contribution is -2.63. The molecular formula is C11H17NO3. The van der Waals surface area contributed by atoms with Crippen molar-refractivity contribution < 1.29 is 14.7 Å². The fourth-order valence-corrected chi connectivity index (χ4v) is 3.26. The fourth-order valence-electron chi connectivity index (χ4n) is 3.26. The minimum Gasteiger partial charge on any atom is -0.479 e. The normalized spacial score (nSPS) is 38.7. The zero-order valence-electron chi connectivity index (χ0n) is 8.95. The van der Waals surface area contributed by atoms with Gasteiger partial charge in [0.05, 0.1) is 0 Å². The van der Waals surface area contributed by atoms with Crippen LogP contribution in [0.2, 0.25) is 0 Å². The summed E-state index contributed by atoms with van der Waals surface area (Å²) < 4.78 is 0. The summed E-state index contributed by atoms with van der Waals surface area (Å²) in [4.78, 5) is 22.5. The van der Waals surface area contributed by atoms with Crippen LogP contribution in [0, 0.1) is 11.8 Å². The summed E-state index contributed by atoms with van der Waals surface area (Å²) in [5.41, 5.74) is -0.965. The zero-order chi connectivity index (χ0) is 11.1. The first-order valence-corrected chi connectivity index (χ1v) is 5.57. The Kier molecular flexibility index (Phi) is 2.44. The molecule has 2 bridgehead atoms. The number of nitrogens with one attached hydrogen (secondary N) is 1. The van der Waals surface area contributed by atoms with Crippen LogP contribution in [-0.2, 0) is 9.59 Å². The van der Waals surface area contributed by atoms with Gasteiger partial charge in [-0.3, -0.25) is 4.79 Å². The van der Waals surface area contributed by atoms with Crippen molar-refractivity contribution in [1.29, 1.82) is 0 Å². The summed E-state index contributed by atoms with van der Waals surface area (Å²) in [6.45, 7) is 1.40. The van der Waals surface area contributed by atoms with Gasteiger partial charge in [0.25, 0.3) is 0 Å². The first kappa shape index (κ1) is 10.5. The minimum absolute atomic E-state index is 0.129. The number of hydrogen-bond acceptors (Lipinski definition) is 2. The van der Waals surface area contributed by atoms with E-state index < -0.39 is 11.5 Å². The molecule has 0 aromatic heterocycles. The molecular weight excluding hydrogens is 194 g/mol. The zero-order valence-corrected chi connectivity index (χ0v) is 8.95. The highest BCUT2D eigenvalue weighted by Gasteiger charge is 2.53. The summed E-state index contributed by atoms with van der Waals surface area (Å²) >= 11 is 0. The van der Waals surface area contributed by atoms with Gasteiger partial charge >= 0.3 is 5.97 Å². The second kappa shape index (κ2) is 3.51. The van der Waals surface area contributed by atoms with Crippen molar-refractivity contribution in [1.82, 2.24) is 5.32 Å². The molecule has 0 heterocycles. The van der Waals surface area contributed by atoms with E-state index in [2.05, 4.69) is 5.32 Å². The molecule has 4 nitrogen and oxygen atoms in total. The van der Waals surface area contributed by atoms with Gasteiger partial charge in [0, 0.05) is 6.92 Å². The number of hydrogen-bond donors (Lipinski definition) is 2. The van der Waals surface area contributed by atoms with Gasteiger partial charge in [0.1, 0.15) is 5.54 Å². The van der Waals surface area contributed by atoms with Crippen molar-refractivity contribution in [2.75, 3.05) is 0 Å². The summed E-state index contributed by atoms with van der Waals surface area (Å²) in [6, 6.07) is 0. The molecule has 84 valence electrons. The monoisotopic (exact) mass is 211 g/mol. The molecule has 1 amide bonds. The SMILES string of the molecule is CC(=O)NC1(C(=O)O)CC2CCC1CC2. The highest BCUT2D eigenvalue weighted by molar-refractivity contribution is 5.86. The van der Waals surface area contributed by atoms with E-state index in [-0.39, 0.29) is 11.8 Å². The second-order valence-corrected chi connectivity index (χ2v) is 4.88. The maximum absolute atomic E-state index is 11.4. The Bertz CT molecular complexity index is 294. The molecule has 0 spiro atoms. The Morgan fingerprint density at radius 2 is 1.87 bits per heavy atom. The standard InChI is InChI=1S/C11H17NO3/c1-7(13)12-11(10(14)15)6-8-2-4-9(11)5-3-8/h8-9H,2-6H2,1H3,(H,12,13)(H,14,15). The lowest BCUT2D eigenvalue weighted by molar-refractivity contribution is -0.155. The lowest BCUT2D eigenvalue weighted by atomic mass is 9.60. The Labute approximate surface area is 89.0 Å².